The van der Waals surface area contributed by atoms with E-state index in [-0.39, 0.29) is 11.5 Å². The molecule has 2 aromatic carbocycles. The van der Waals surface area contributed by atoms with Crippen LogP contribution in [0, 0.1) is 17.2 Å². The third kappa shape index (κ3) is 6.12. The monoisotopic (exact) mass is 482 g/mol. The van der Waals surface area contributed by atoms with Crippen molar-refractivity contribution in [3.8, 4) is 6.07 Å². The number of nitriles is 1. The summed E-state index contributed by atoms with van der Waals surface area (Å²) < 4.78 is 80.3. The SMILES string of the molecule is CCCN(CCCC(C#N)(c1ccc(C(F)(F)F)c(C(F)(F)F)c1)C1CC1)Cc1ccccc1. The van der Waals surface area contributed by atoms with Gasteiger partial charge in [0.05, 0.1) is 22.6 Å². The molecule has 1 aliphatic rings. The van der Waals surface area contributed by atoms with Crippen molar-refractivity contribution in [3.63, 3.8) is 0 Å². The van der Waals surface area contributed by atoms with E-state index in [1.807, 2.05) is 30.3 Å². The number of hydrogen-bond acceptors (Lipinski definition) is 2. The molecule has 0 saturated heterocycles. The van der Waals surface area contributed by atoms with E-state index in [0.717, 1.165) is 31.1 Å². The summed E-state index contributed by atoms with van der Waals surface area (Å²) in [5, 5.41) is 10.1. The third-order valence-corrected chi connectivity index (χ3v) is 6.45. The molecule has 2 nitrogen and oxygen atoms in total. The van der Waals surface area contributed by atoms with Gasteiger partial charge < -0.3 is 0 Å². The highest BCUT2D eigenvalue weighted by Gasteiger charge is 2.49. The fourth-order valence-corrected chi connectivity index (χ4v) is 4.68. The average Bonchev–Trinajstić information content (AvgIpc) is 3.62. The Morgan fingerprint density at radius 3 is 2.09 bits per heavy atom. The predicted molar refractivity (Wildman–Crippen MR) is 118 cm³/mol. The highest BCUT2D eigenvalue weighted by molar-refractivity contribution is 5.43. The molecule has 0 bridgehead atoms. The first kappa shape index (κ1) is 26.1. The minimum Gasteiger partial charge on any atom is -0.299 e. The molecule has 3 rings (SSSR count). The molecule has 8 heteroatoms. The summed E-state index contributed by atoms with van der Waals surface area (Å²) in [5.41, 5.74) is -3.50. The highest BCUT2D eigenvalue weighted by atomic mass is 19.4. The number of halogens is 6. The van der Waals surface area contributed by atoms with Gasteiger partial charge in [0, 0.05) is 6.54 Å². The van der Waals surface area contributed by atoms with Gasteiger partial charge in [0.15, 0.2) is 0 Å². The summed E-state index contributed by atoms with van der Waals surface area (Å²) in [6.45, 7) is 4.25. The van der Waals surface area contributed by atoms with Crippen molar-refractivity contribution in [3.05, 3.63) is 70.8 Å². The molecule has 0 aromatic heterocycles. The standard InChI is InChI=1S/C26H28F6N2/c1-2-14-34(17-19-7-4-3-5-8-19)15-6-13-24(18-33,20-9-10-20)21-11-12-22(25(27,28)29)23(16-21)26(30,31)32/h3-5,7-8,11-12,16,20H,2,6,9-10,13-15,17H2,1H3. The van der Waals surface area contributed by atoms with E-state index >= 15 is 0 Å². The molecule has 0 aliphatic heterocycles. The summed E-state index contributed by atoms with van der Waals surface area (Å²) in [6, 6.07) is 14.2. The summed E-state index contributed by atoms with van der Waals surface area (Å²) >= 11 is 0. The molecular weight excluding hydrogens is 454 g/mol. The molecule has 0 heterocycles. The molecule has 0 spiro atoms. The van der Waals surface area contributed by atoms with Crippen LogP contribution in [0.1, 0.15) is 61.3 Å². The zero-order chi connectivity index (χ0) is 25.0. The van der Waals surface area contributed by atoms with Crippen LogP contribution < -0.4 is 0 Å². The van der Waals surface area contributed by atoms with E-state index in [0.29, 0.717) is 44.4 Å². The number of hydrogen-bond donors (Lipinski definition) is 0. The van der Waals surface area contributed by atoms with Gasteiger partial charge in [-0.05, 0) is 74.4 Å². The molecular formula is C26H28F6N2. The summed E-state index contributed by atoms with van der Waals surface area (Å²) in [7, 11) is 0. The van der Waals surface area contributed by atoms with E-state index in [9.17, 15) is 31.6 Å². The van der Waals surface area contributed by atoms with Crippen molar-refractivity contribution in [2.45, 2.75) is 63.3 Å². The largest absolute Gasteiger partial charge is 0.417 e. The zero-order valence-corrected chi connectivity index (χ0v) is 19.0. The van der Waals surface area contributed by atoms with Crippen LogP contribution in [0.2, 0.25) is 0 Å². The second-order valence-corrected chi connectivity index (χ2v) is 8.98. The Morgan fingerprint density at radius 1 is 0.912 bits per heavy atom. The van der Waals surface area contributed by atoms with Gasteiger partial charge in [-0.1, -0.05) is 43.3 Å². The average molecular weight is 483 g/mol. The Kier molecular flexibility index (Phi) is 7.97. The molecule has 1 saturated carbocycles. The van der Waals surface area contributed by atoms with Crippen molar-refractivity contribution < 1.29 is 26.3 Å². The maximum Gasteiger partial charge on any atom is 0.417 e. The van der Waals surface area contributed by atoms with Gasteiger partial charge in [0.1, 0.15) is 0 Å². The molecule has 1 atom stereocenters. The molecule has 1 unspecified atom stereocenters. The maximum absolute atomic E-state index is 13.5. The van der Waals surface area contributed by atoms with Gasteiger partial charge in [-0.15, -0.1) is 0 Å². The van der Waals surface area contributed by atoms with Gasteiger partial charge >= 0.3 is 12.4 Å². The summed E-state index contributed by atoms with van der Waals surface area (Å²) in [6.07, 6.45) is -7.16. The second kappa shape index (κ2) is 10.4. The Morgan fingerprint density at radius 2 is 1.56 bits per heavy atom. The Labute approximate surface area is 196 Å². The smallest absolute Gasteiger partial charge is 0.299 e. The third-order valence-electron chi connectivity index (χ3n) is 6.45. The molecule has 1 aliphatic carbocycles. The first-order valence-electron chi connectivity index (χ1n) is 11.5. The topological polar surface area (TPSA) is 27.0 Å². The predicted octanol–water partition coefficient (Wildman–Crippen LogP) is 7.59. The minimum absolute atomic E-state index is 0.0305. The van der Waals surface area contributed by atoms with Crippen molar-refractivity contribution in [2.75, 3.05) is 13.1 Å². The Balaban J connectivity index is 1.84. The number of nitrogens with zero attached hydrogens (tertiary/aromatic N) is 2. The van der Waals surface area contributed by atoms with E-state index in [1.54, 1.807) is 0 Å². The van der Waals surface area contributed by atoms with E-state index < -0.39 is 28.9 Å². The fourth-order valence-electron chi connectivity index (χ4n) is 4.68. The van der Waals surface area contributed by atoms with Gasteiger partial charge in [0.25, 0.3) is 0 Å². The van der Waals surface area contributed by atoms with Crippen LogP contribution >= 0.6 is 0 Å². The first-order chi connectivity index (χ1) is 16.0. The van der Waals surface area contributed by atoms with Crippen LogP contribution in [0.5, 0.6) is 0 Å². The quantitative estimate of drug-likeness (QED) is 0.326. The lowest BCUT2D eigenvalue weighted by molar-refractivity contribution is -0.162. The normalized spacial score (nSPS) is 16.3. The Hall–Kier alpha value is -2.53. The summed E-state index contributed by atoms with van der Waals surface area (Å²) in [4.78, 5) is 2.23. The maximum atomic E-state index is 13.5. The van der Waals surface area contributed by atoms with Crippen LogP contribution in [0.25, 0.3) is 0 Å². The number of alkyl halides is 6. The molecule has 184 valence electrons. The number of rotatable bonds is 10. The molecule has 0 radical (unpaired) electrons. The van der Waals surface area contributed by atoms with Gasteiger partial charge in [-0.3, -0.25) is 4.90 Å². The zero-order valence-electron chi connectivity index (χ0n) is 19.0. The Bertz CT molecular complexity index is 989. The van der Waals surface area contributed by atoms with Crippen LogP contribution in [0.15, 0.2) is 48.5 Å². The fraction of sp³-hybridized carbons (Fsp3) is 0.500. The first-order valence-corrected chi connectivity index (χ1v) is 11.5. The van der Waals surface area contributed by atoms with Crippen LogP contribution in [0.3, 0.4) is 0 Å². The van der Waals surface area contributed by atoms with Crippen molar-refractivity contribution in [1.29, 1.82) is 5.26 Å². The van der Waals surface area contributed by atoms with Crippen molar-refractivity contribution >= 4 is 0 Å². The van der Waals surface area contributed by atoms with Crippen molar-refractivity contribution in [1.82, 2.24) is 4.90 Å². The van der Waals surface area contributed by atoms with Crippen LogP contribution in [-0.2, 0) is 24.3 Å². The summed E-state index contributed by atoms with van der Waals surface area (Å²) in [5.74, 6) is -0.149. The lowest BCUT2D eigenvalue weighted by atomic mass is 9.73. The van der Waals surface area contributed by atoms with Crippen LogP contribution in [0.4, 0.5) is 26.3 Å². The van der Waals surface area contributed by atoms with Gasteiger partial charge in [-0.2, -0.15) is 31.6 Å². The molecule has 0 amide bonds. The second-order valence-electron chi connectivity index (χ2n) is 8.98. The molecule has 0 N–H and O–H groups in total. The molecule has 1 fully saturated rings. The van der Waals surface area contributed by atoms with Gasteiger partial charge in [-0.25, -0.2) is 0 Å². The van der Waals surface area contributed by atoms with E-state index in [4.69, 9.17) is 0 Å². The molecule has 34 heavy (non-hydrogen) atoms. The lowest BCUT2D eigenvalue weighted by Gasteiger charge is -2.30. The lowest BCUT2D eigenvalue weighted by Crippen LogP contribution is -2.31. The minimum atomic E-state index is -5.17. The highest BCUT2D eigenvalue weighted by Crippen LogP contribution is 2.51. The molecule has 2 aromatic rings. The van der Waals surface area contributed by atoms with E-state index in [2.05, 4.69) is 17.9 Å². The number of benzene rings is 2. The van der Waals surface area contributed by atoms with Gasteiger partial charge in [0.2, 0.25) is 0 Å². The van der Waals surface area contributed by atoms with Crippen LogP contribution in [-0.4, -0.2) is 18.0 Å². The van der Waals surface area contributed by atoms with Crippen molar-refractivity contribution in [2.24, 2.45) is 5.92 Å². The van der Waals surface area contributed by atoms with E-state index in [1.165, 1.54) is 0 Å².